The number of nitrogens with zero attached hydrogens (tertiary/aromatic N) is 6. The van der Waals surface area contributed by atoms with E-state index in [0.29, 0.717) is 41.6 Å². The van der Waals surface area contributed by atoms with Gasteiger partial charge in [-0.1, -0.05) is 6.92 Å². The quantitative estimate of drug-likeness (QED) is 0.339. The topological polar surface area (TPSA) is 124 Å². The number of nitrogens with one attached hydrogen (secondary N) is 1. The van der Waals surface area contributed by atoms with Gasteiger partial charge in [-0.15, -0.1) is 5.10 Å². The third-order valence-electron chi connectivity index (χ3n) is 9.85. The Labute approximate surface area is 259 Å². The lowest BCUT2D eigenvalue weighted by atomic mass is 9.97. The van der Waals surface area contributed by atoms with E-state index in [-0.39, 0.29) is 53.7 Å². The fourth-order valence-electron chi connectivity index (χ4n) is 6.93. The number of carbonyl (C=O) groups is 1. The van der Waals surface area contributed by atoms with Crippen LogP contribution in [0.2, 0.25) is 0 Å². The van der Waals surface area contributed by atoms with Crippen LogP contribution in [0.3, 0.4) is 0 Å². The van der Waals surface area contributed by atoms with E-state index in [2.05, 4.69) is 21.8 Å². The SMILES string of the molecule is C[C@@H]1CN(c2nc(-n3ccc(OCCC4(C(F)(F)F)CC4)n3)ccc2C(=O)NS(=O)(=O)c2cn(C)nc2C2C3CC32)C(C)(C)C1. The smallest absolute Gasteiger partial charge is 0.394 e. The molecule has 4 fully saturated rings. The fourth-order valence-corrected chi connectivity index (χ4v) is 8.14. The zero-order valence-corrected chi connectivity index (χ0v) is 26.3. The van der Waals surface area contributed by atoms with Crippen LogP contribution in [0.1, 0.15) is 74.8 Å². The maximum absolute atomic E-state index is 13.7. The number of amides is 1. The number of pyridine rings is 1. The number of alkyl halides is 3. The van der Waals surface area contributed by atoms with Crippen LogP contribution in [-0.4, -0.2) is 63.7 Å². The summed E-state index contributed by atoms with van der Waals surface area (Å²) in [5, 5.41) is 8.74. The molecule has 1 aliphatic heterocycles. The monoisotopic (exact) mass is 647 g/mol. The van der Waals surface area contributed by atoms with E-state index < -0.39 is 27.5 Å². The zero-order valence-electron chi connectivity index (χ0n) is 25.5. The van der Waals surface area contributed by atoms with Crippen LogP contribution in [0.4, 0.5) is 19.0 Å². The van der Waals surface area contributed by atoms with Crippen molar-refractivity contribution < 1.29 is 31.1 Å². The molecule has 7 rings (SSSR count). The van der Waals surface area contributed by atoms with Gasteiger partial charge in [-0.05, 0) is 75.8 Å². The minimum atomic E-state index is -4.25. The lowest BCUT2D eigenvalue weighted by Crippen LogP contribution is -2.41. The van der Waals surface area contributed by atoms with Crippen molar-refractivity contribution in [2.45, 2.75) is 75.4 Å². The molecule has 4 aliphatic rings. The lowest BCUT2D eigenvalue weighted by Gasteiger charge is -2.34. The molecule has 0 radical (unpaired) electrons. The van der Waals surface area contributed by atoms with E-state index >= 15 is 0 Å². The number of aromatic nitrogens is 5. The first-order valence-electron chi connectivity index (χ1n) is 15.2. The van der Waals surface area contributed by atoms with Gasteiger partial charge >= 0.3 is 6.18 Å². The summed E-state index contributed by atoms with van der Waals surface area (Å²) < 4.78 is 77.5. The Hall–Kier alpha value is -3.62. The minimum absolute atomic E-state index is 0.0173. The number of hydrogen-bond acceptors (Lipinski definition) is 8. The highest BCUT2D eigenvalue weighted by Crippen LogP contribution is 2.73. The molecule has 3 aromatic heterocycles. The van der Waals surface area contributed by atoms with Crippen molar-refractivity contribution in [1.82, 2.24) is 29.3 Å². The Morgan fingerprint density at radius 1 is 1.16 bits per heavy atom. The second-order valence-corrected chi connectivity index (χ2v) is 15.5. The summed E-state index contributed by atoms with van der Waals surface area (Å²) in [5.41, 5.74) is -1.44. The van der Waals surface area contributed by atoms with Gasteiger partial charge in [-0.3, -0.25) is 9.48 Å². The number of carbonyl (C=O) groups excluding carboxylic acids is 1. The highest BCUT2D eigenvalue weighted by molar-refractivity contribution is 7.90. The van der Waals surface area contributed by atoms with Crippen molar-refractivity contribution >= 4 is 21.7 Å². The number of sulfonamides is 1. The molecule has 4 heterocycles. The molecule has 0 bridgehead atoms. The molecule has 1 saturated heterocycles. The van der Waals surface area contributed by atoms with E-state index in [1.165, 1.54) is 21.6 Å². The molecular weight excluding hydrogens is 611 g/mol. The predicted molar refractivity (Wildman–Crippen MR) is 157 cm³/mol. The summed E-state index contributed by atoms with van der Waals surface area (Å²) in [7, 11) is -2.56. The summed E-state index contributed by atoms with van der Waals surface area (Å²) in [5.74, 6) is 1.38. The van der Waals surface area contributed by atoms with E-state index in [4.69, 9.17) is 9.72 Å². The molecule has 3 atom stereocenters. The van der Waals surface area contributed by atoms with Crippen molar-refractivity contribution in [2.75, 3.05) is 18.1 Å². The molecule has 15 heteroatoms. The van der Waals surface area contributed by atoms with E-state index in [9.17, 15) is 26.4 Å². The summed E-state index contributed by atoms with van der Waals surface area (Å²) in [6.45, 7) is 6.66. The summed E-state index contributed by atoms with van der Waals surface area (Å²) in [6.07, 6.45) is 0.761. The van der Waals surface area contributed by atoms with Crippen molar-refractivity contribution in [3.05, 3.63) is 41.9 Å². The third kappa shape index (κ3) is 5.36. The number of hydrogen-bond donors (Lipinski definition) is 1. The molecule has 3 aliphatic carbocycles. The second kappa shape index (κ2) is 9.94. The van der Waals surface area contributed by atoms with Gasteiger partial charge in [-0.25, -0.2) is 22.8 Å². The van der Waals surface area contributed by atoms with Crippen LogP contribution in [0.25, 0.3) is 5.82 Å². The predicted octanol–water partition coefficient (Wildman–Crippen LogP) is 4.59. The zero-order chi connectivity index (χ0) is 32.1. The van der Waals surface area contributed by atoms with Gasteiger partial charge in [0.15, 0.2) is 5.82 Å². The van der Waals surface area contributed by atoms with Gasteiger partial charge in [0.25, 0.3) is 15.9 Å². The molecule has 3 aromatic rings. The first-order valence-corrected chi connectivity index (χ1v) is 16.7. The Morgan fingerprint density at radius 3 is 2.49 bits per heavy atom. The largest absolute Gasteiger partial charge is 0.477 e. The molecule has 11 nitrogen and oxygen atoms in total. The van der Waals surface area contributed by atoms with Crippen LogP contribution in [0.15, 0.2) is 35.5 Å². The molecule has 2 unspecified atom stereocenters. The van der Waals surface area contributed by atoms with Crippen molar-refractivity contribution in [1.29, 1.82) is 0 Å². The second-order valence-electron chi connectivity index (χ2n) is 13.8. The molecule has 1 amide bonds. The number of ether oxygens (including phenoxy) is 1. The molecule has 0 aromatic carbocycles. The molecular formula is C30H36F3N7O4S. The van der Waals surface area contributed by atoms with Gasteiger partial charge in [0.05, 0.1) is 23.3 Å². The number of rotatable bonds is 10. The van der Waals surface area contributed by atoms with Crippen LogP contribution in [0.5, 0.6) is 5.88 Å². The van der Waals surface area contributed by atoms with Gasteiger partial charge < -0.3 is 9.64 Å². The Kier molecular flexibility index (Phi) is 6.64. The minimum Gasteiger partial charge on any atom is -0.477 e. The molecule has 0 spiro atoms. The molecule has 3 saturated carbocycles. The molecule has 45 heavy (non-hydrogen) atoms. The molecule has 1 N–H and O–H groups in total. The number of aryl methyl sites for hydroxylation is 1. The summed E-state index contributed by atoms with van der Waals surface area (Å²) in [4.78, 5) is 20.5. The van der Waals surface area contributed by atoms with Crippen molar-refractivity contribution in [3.63, 3.8) is 0 Å². The molecule has 242 valence electrons. The third-order valence-corrected chi connectivity index (χ3v) is 11.2. The fraction of sp³-hybridized carbons (Fsp3) is 0.600. The average Bonchev–Trinajstić information content (AvgIpc) is 3.88. The summed E-state index contributed by atoms with van der Waals surface area (Å²) in [6, 6.07) is 4.60. The van der Waals surface area contributed by atoms with Gasteiger partial charge in [0, 0.05) is 43.5 Å². The number of fused-ring (bicyclic) bond motifs is 1. The average molecular weight is 648 g/mol. The van der Waals surface area contributed by atoms with Crippen LogP contribution < -0.4 is 14.4 Å². The number of anilines is 1. The van der Waals surface area contributed by atoms with E-state index in [1.54, 1.807) is 25.4 Å². The Bertz CT molecular complexity index is 1770. The highest BCUT2D eigenvalue weighted by atomic mass is 32.2. The maximum atomic E-state index is 13.7. The van der Waals surface area contributed by atoms with Gasteiger partial charge in [-0.2, -0.15) is 18.3 Å². The first kappa shape index (κ1) is 30.1. The van der Waals surface area contributed by atoms with E-state index in [0.717, 1.165) is 12.8 Å². The van der Waals surface area contributed by atoms with Crippen LogP contribution >= 0.6 is 0 Å². The van der Waals surface area contributed by atoms with Crippen molar-refractivity contribution in [3.8, 4) is 11.7 Å². The number of halogens is 3. The van der Waals surface area contributed by atoms with Crippen molar-refractivity contribution in [2.24, 2.45) is 30.2 Å². The van der Waals surface area contributed by atoms with Crippen LogP contribution in [0, 0.1) is 23.2 Å². The normalized spacial score (nSPS) is 26.0. The lowest BCUT2D eigenvalue weighted by molar-refractivity contribution is -0.190. The standard InChI is InChI=1S/C30H36F3N7O4S/c1-17-14-28(2,3)39(15-17)26-18(27(41)37-45(42,43)21-16-38(4)36-25(21)24-19-13-20(19)24)5-6-22(34-26)40-11-7-23(35-40)44-12-10-29(8-9-29)30(31,32)33/h5-7,11,16-17,19-20,24H,8-10,12-15H2,1-4H3,(H,37,41)/t17-,19?,20?,24?/m0/s1. The van der Waals surface area contributed by atoms with Gasteiger partial charge in [0.1, 0.15) is 10.7 Å². The van der Waals surface area contributed by atoms with Crippen LogP contribution in [-0.2, 0) is 17.1 Å². The van der Waals surface area contributed by atoms with Gasteiger partial charge in [0.2, 0.25) is 5.88 Å². The maximum Gasteiger partial charge on any atom is 0.394 e. The first-order chi connectivity index (χ1) is 21.1. The Balaban J connectivity index is 1.14. The van der Waals surface area contributed by atoms with E-state index in [1.807, 2.05) is 18.7 Å². The highest BCUT2D eigenvalue weighted by Gasteiger charge is 2.66. The summed E-state index contributed by atoms with van der Waals surface area (Å²) >= 11 is 0. The Morgan fingerprint density at radius 2 is 1.89 bits per heavy atom.